The summed E-state index contributed by atoms with van der Waals surface area (Å²) in [6, 6.07) is 9.10. The van der Waals surface area contributed by atoms with Gasteiger partial charge in [0, 0.05) is 13.1 Å². The van der Waals surface area contributed by atoms with Gasteiger partial charge in [0.25, 0.3) is 0 Å². The normalized spacial score (nSPS) is 18.7. The molecule has 0 radical (unpaired) electrons. The van der Waals surface area contributed by atoms with Crippen LogP contribution in [0.4, 0.5) is 0 Å². The third kappa shape index (κ3) is 4.81. The van der Waals surface area contributed by atoms with Crippen LogP contribution in [0, 0.1) is 5.92 Å². The fourth-order valence-corrected chi connectivity index (χ4v) is 3.65. The van der Waals surface area contributed by atoms with E-state index in [1.807, 2.05) is 6.92 Å². The van der Waals surface area contributed by atoms with E-state index in [0.29, 0.717) is 5.92 Å². The summed E-state index contributed by atoms with van der Waals surface area (Å²) in [5, 5.41) is 6.18. The molecule has 1 fully saturated rings. The topological polar surface area (TPSA) is 41.1 Å². The van der Waals surface area contributed by atoms with Gasteiger partial charge in [0.15, 0.2) is 0 Å². The fourth-order valence-electron chi connectivity index (χ4n) is 3.65. The first-order valence-electron chi connectivity index (χ1n) is 9.10. The van der Waals surface area contributed by atoms with E-state index >= 15 is 0 Å². The zero-order valence-corrected chi connectivity index (χ0v) is 15.1. The van der Waals surface area contributed by atoms with Gasteiger partial charge in [0.1, 0.15) is 0 Å². The van der Waals surface area contributed by atoms with E-state index in [1.165, 1.54) is 43.2 Å². The van der Waals surface area contributed by atoms with Crippen LogP contribution in [0.15, 0.2) is 24.3 Å². The van der Waals surface area contributed by atoms with Crippen molar-refractivity contribution in [3.05, 3.63) is 35.4 Å². The van der Waals surface area contributed by atoms with Gasteiger partial charge in [-0.3, -0.25) is 10.1 Å². The number of carbonyl (C=O) groups excluding carboxylic acids is 1. The average molecular weight is 316 g/mol. The van der Waals surface area contributed by atoms with Gasteiger partial charge in [-0.2, -0.15) is 0 Å². The molecular formula is C20H32N2O. The van der Waals surface area contributed by atoms with Crippen molar-refractivity contribution in [1.29, 1.82) is 0 Å². The molecule has 0 aliphatic heterocycles. The molecule has 1 aromatic rings. The number of likely N-dealkylation sites (N-methyl/N-ethyl adjacent to an activating group) is 1. The van der Waals surface area contributed by atoms with Crippen LogP contribution in [0.1, 0.15) is 76.0 Å². The highest BCUT2D eigenvalue weighted by atomic mass is 16.2. The smallest absolute Gasteiger partial charge is 0.236 e. The van der Waals surface area contributed by atoms with Crippen molar-refractivity contribution in [3.8, 4) is 0 Å². The van der Waals surface area contributed by atoms with E-state index in [4.69, 9.17) is 0 Å². The Bertz CT molecular complexity index is 489. The van der Waals surface area contributed by atoms with E-state index in [0.717, 1.165) is 5.92 Å². The van der Waals surface area contributed by atoms with Crippen LogP contribution in [0.25, 0.3) is 0 Å². The summed E-state index contributed by atoms with van der Waals surface area (Å²) in [4.78, 5) is 11.8. The number of benzene rings is 1. The lowest BCUT2D eigenvalue weighted by Gasteiger charge is -2.27. The van der Waals surface area contributed by atoms with Crippen molar-refractivity contribution in [2.45, 2.75) is 70.9 Å². The quantitative estimate of drug-likeness (QED) is 0.827. The monoisotopic (exact) mass is 316 g/mol. The zero-order valence-electron chi connectivity index (χ0n) is 15.1. The minimum Gasteiger partial charge on any atom is -0.358 e. The second-order valence-corrected chi connectivity index (χ2v) is 7.23. The van der Waals surface area contributed by atoms with Crippen LogP contribution in [0.5, 0.6) is 0 Å². The molecule has 1 aliphatic rings. The summed E-state index contributed by atoms with van der Waals surface area (Å²) in [6.45, 7) is 6.32. The van der Waals surface area contributed by atoms with Gasteiger partial charge in [-0.15, -0.1) is 0 Å². The maximum Gasteiger partial charge on any atom is 0.236 e. The van der Waals surface area contributed by atoms with E-state index in [9.17, 15) is 4.79 Å². The first kappa shape index (κ1) is 18.0. The first-order valence-corrected chi connectivity index (χ1v) is 9.10. The molecule has 0 bridgehead atoms. The highest BCUT2D eigenvalue weighted by Gasteiger charge is 2.22. The Kier molecular flexibility index (Phi) is 6.64. The van der Waals surface area contributed by atoms with Gasteiger partial charge in [-0.1, -0.05) is 57.4 Å². The van der Waals surface area contributed by atoms with Crippen molar-refractivity contribution in [2.75, 3.05) is 7.05 Å². The van der Waals surface area contributed by atoms with E-state index in [2.05, 4.69) is 48.7 Å². The molecule has 2 rings (SSSR count). The Hall–Kier alpha value is -1.35. The zero-order chi connectivity index (χ0) is 16.8. The maximum absolute atomic E-state index is 11.8. The SMILES string of the molecule is CNC(=O)[C@H](C)N[C@@H](c1ccc(C2CCCCC2)cc1)C(C)C. The molecule has 0 heterocycles. The van der Waals surface area contributed by atoms with Gasteiger partial charge in [-0.05, 0) is 42.7 Å². The van der Waals surface area contributed by atoms with Gasteiger partial charge >= 0.3 is 0 Å². The van der Waals surface area contributed by atoms with Crippen LogP contribution in [0.2, 0.25) is 0 Å². The lowest BCUT2D eigenvalue weighted by atomic mass is 9.83. The lowest BCUT2D eigenvalue weighted by molar-refractivity contribution is -0.122. The Labute approximate surface area is 141 Å². The average Bonchev–Trinajstić information content (AvgIpc) is 2.59. The molecule has 0 aromatic heterocycles. The van der Waals surface area contributed by atoms with Crippen LogP contribution >= 0.6 is 0 Å². The van der Waals surface area contributed by atoms with Gasteiger partial charge < -0.3 is 5.32 Å². The van der Waals surface area contributed by atoms with Gasteiger partial charge in [0.05, 0.1) is 6.04 Å². The summed E-state index contributed by atoms with van der Waals surface area (Å²) in [5.74, 6) is 1.21. The molecule has 1 aromatic carbocycles. The molecule has 2 atom stereocenters. The minimum absolute atomic E-state index is 0.0366. The molecule has 1 saturated carbocycles. The third-order valence-corrected chi connectivity index (χ3v) is 5.11. The number of carbonyl (C=O) groups is 1. The van der Waals surface area contributed by atoms with Crippen molar-refractivity contribution in [3.63, 3.8) is 0 Å². The summed E-state index contributed by atoms with van der Waals surface area (Å²) in [6.07, 6.45) is 6.79. The molecule has 0 spiro atoms. The predicted octanol–water partition coefficient (Wildman–Crippen LogP) is 4.16. The van der Waals surface area contributed by atoms with E-state index < -0.39 is 0 Å². The summed E-state index contributed by atoms with van der Waals surface area (Å²) in [7, 11) is 1.68. The van der Waals surface area contributed by atoms with Crippen LogP contribution in [-0.2, 0) is 4.79 Å². The molecule has 3 nitrogen and oxygen atoms in total. The molecule has 3 heteroatoms. The fraction of sp³-hybridized carbons (Fsp3) is 0.650. The molecule has 0 unspecified atom stereocenters. The number of amides is 1. The largest absolute Gasteiger partial charge is 0.358 e. The molecular weight excluding hydrogens is 284 g/mol. The number of hydrogen-bond donors (Lipinski definition) is 2. The molecule has 1 aliphatic carbocycles. The number of hydrogen-bond acceptors (Lipinski definition) is 2. The molecule has 1 amide bonds. The Morgan fingerprint density at radius 2 is 1.65 bits per heavy atom. The number of nitrogens with one attached hydrogen (secondary N) is 2. The van der Waals surface area contributed by atoms with Crippen molar-refractivity contribution in [2.24, 2.45) is 5.92 Å². The van der Waals surface area contributed by atoms with Crippen molar-refractivity contribution < 1.29 is 4.79 Å². The van der Waals surface area contributed by atoms with Gasteiger partial charge in [-0.25, -0.2) is 0 Å². The highest BCUT2D eigenvalue weighted by Crippen LogP contribution is 2.33. The predicted molar refractivity (Wildman–Crippen MR) is 96.5 cm³/mol. The van der Waals surface area contributed by atoms with Crippen molar-refractivity contribution in [1.82, 2.24) is 10.6 Å². The molecule has 0 saturated heterocycles. The van der Waals surface area contributed by atoms with Crippen molar-refractivity contribution >= 4 is 5.91 Å². The van der Waals surface area contributed by atoms with Crippen LogP contribution in [-0.4, -0.2) is 19.0 Å². The summed E-state index contributed by atoms with van der Waals surface area (Å²) >= 11 is 0. The van der Waals surface area contributed by atoms with Gasteiger partial charge in [0.2, 0.25) is 5.91 Å². The Morgan fingerprint density at radius 3 is 2.17 bits per heavy atom. The maximum atomic E-state index is 11.8. The van der Waals surface area contributed by atoms with Crippen LogP contribution in [0.3, 0.4) is 0 Å². The first-order chi connectivity index (χ1) is 11.0. The summed E-state index contributed by atoms with van der Waals surface area (Å²) in [5.41, 5.74) is 2.76. The molecule has 128 valence electrons. The second-order valence-electron chi connectivity index (χ2n) is 7.23. The second kappa shape index (κ2) is 8.49. The lowest BCUT2D eigenvalue weighted by Crippen LogP contribution is -2.43. The number of rotatable bonds is 6. The Morgan fingerprint density at radius 1 is 1.04 bits per heavy atom. The summed E-state index contributed by atoms with van der Waals surface area (Å²) < 4.78 is 0. The minimum atomic E-state index is -0.189. The molecule has 2 N–H and O–H groups in total. The highest BCUT2D eigenvalue weighted by molar-refractivity contribution is 5.81. The third-order valence-electron chi connectivity index (χ3n) is 5.11. The molecule has 23 heavy (non-hydrogen) atoms. The van der Waals surface area contributed by atoms with E-state index in [1.54, 1.807) is 7.05 Å². The van der Waals surface area contributed by atoms with Crippen LogP contribution < -0.4 is 10.6 Å². The Balaban J connectivity index is 2.08. The standard InChI is InChI=1S/C20H32N2O/c1-14(2)19(22-15(3)20(23)21-4)18-12-10-17(11-13-18)16-8-6-5-7-9-16/h10-16,19,22H,5-9H2,1-4H3,(H,21,23)/t15-,19+/m0/s1. The van der Waals surface area contributed by atoms with E-state index in [-0.39, 0.29) is 18.0 Å².